The number of phenolic OH excluding ortho intramolecular Hbond substituents is 1. The van der Waals surface area contributed by atoms with Crippen LogP contribution in [0.4, 0.5) is 5.69 Å². The third-order valence-corrected chi connectivity index (χ3v) is 4.65. The van der Waals surface area contributed by atoms with Crippen molar-refractivity contribution in [1.29, 1.82) is 0 Å². The highest BCUT2D eigenvalue weighted by Gasteiger charge is 2.51. The van der Waals surface area contributed by atoms with Gasteiger partial charge in [0, 0.05) is 23.8 Å². The van der Waals surface area contributed by atoms with Gasteiger partial charge in [-0.1, -0.05) is 13.8 Å². The molecule has 1 fully saturated rings. The van der Waals surface area contributed by atoms with Gasteiger partial charge in [0.1, 0.15) is 5.75 Å². The molecule has 3 heteroatoms. The summed E-state index contributed by atoms with van der Waals surface area (Å²) >= 11 is 0. The molecule has 0 heterocycles. The number of hydrogen-bond donors (Lipinski definition) is 2. The van der Waals surface area contributed by atoms with Gasteiger partial charge >= 0.3 is 0 Å². The van der Waals surface area contributed by atoms with E-state index in [0.29, 0.717) is 17.9 Å². The molecule has 0 aliphatic heterocycles. The molecule has 106 valence electrons. The number of aromatic hydroxyl groups is 1. The SMILES string of the molecule is CCOC1CC(Nc2ccc(O)c(C)c2)C1(C)CC. The maximum atomic E-state index is 9.56. The monoisotopic (exact) mass is 263 g/mol. The van der Waals surface area contributed by atoms with E-state index in [1.165, 1.54) is 0 Å². The first-order valence-corrected chi connectivity index (χ1v) is 7.19. The smallest absolute Gasteiger partial charge is 0.118 e. The zero-order valence-electron chi connectivity index (χ0n) is 12.4. The summed E-state index contributed by atoms with van der Waals surface area (Å²) in [6, 6.07) is 6.13. The van der Waals surface area contributed by atoms with Crippen LogP contribution in [0.3, 0.4) is 0 Å². The van der Waals surface area contributed by atoms with Crippen LogP contribution in [-0.2, 0) is 4.74 Å². The van der Waals surface area contributed by atoms with E-state index in [4.69, 9.17) is 4.74 Å². The maximum absolute atomic E-state index is 9.56. The van der Waals surface area contributed by atoms with Crippen molar-refractivity contribution < 1.29 is 9.84 Å². The van der Waals surface area contributed by atoms with Crippen LogP contribution in [-0.4, -0.2) is 23.9 Å². The summed E-state index contributed by atoms with van der Waals surface area (Å²) in [7, 11) is 0. The Morgan fingerprint density at radius 3 is 2.74 bits per heavy atom. The zero-order valence-corrected chi connectivity index (χ0v) is 12.4. The fourth-order valence-corrected chi connectivity index (χ4v) is 2.92. The van der Waals surface area contributed by atoms with Crippen molar-refractivity contribution in [3.8, 4) is 5.75 Å². The molecule has 2 N–H and O–H groups in total. The summed E-state index contributed by atoms with van der Waals surface area (Å²) in [6.45, 7) is 9.28. The van der Waals surface area contributed by atoms with Gasteiger partial charge in [-0.15, -0.1) is 0 Å². The molecule has 19 heavy (non-hydrogen) atoms. The lowest BCUT2D eigenvalue weighted by Gasteiger charge is -2.54. The lowest BCUT2D eigenvalue weighted by molar-refractivity contribution is -0.109. The zero-order chi connectivity index (χ0) is 14.0. The number of phenols is 1. The lowest BCUT2D eigenvalue weighted by atomic mass is 9.61. The summed E-state index contributed by atoms with van der Waals surface area (Å²) in [5.41, 5.74) is 2.18. The number of aryl methyl sites for hydroxylation is 1. The normalized spacial score (nSPS) is 29.9. The largest absolute Gasteiger partial charge is 0.508 e. The molecular weight excluding hydrogens is 238 g/mol. The first kappa shape index (κ1) is 14.2. The molecule has 1 aliphatic rings. The van der Waals surface area contributed by atoms with Gasteiger partial charge in [0.05, 0.1) is 6.10 Å². The predicted molar refractivity (Wildman–Crippen MR) is 78.7 cm³/mol. The number of anilines is 1. The maximum Gasteiger partial charge on any atom is 0.118 e. The van der Waals surface area contributed by atoms with Gasteiger partial charge < -0.3 is 15.2 Å². The van der Waals surface area contributed by atoms with Crippen molar-refractivity contribution >= 4 is 5.69 Å². The van der Waals surface area contributed by atoms with Crippen molar-refractivity contribution in [3.63, 3.8) is 0 Å². The van der Waals surface area contributed by atoms with Gasteiger partial charge in [0.2, 0.25) is 0 Å². The Labute approximate surface area is 116 Å². The van der Waals surface area contributed by atoms with Gasteiger partial charge in [-0.2, -0.15) is 0 Å². The Hall–Kier alpha value is -1.22. The quantitative estimate of drug-likeness (QED) is 0.796. The highest BCUT2D eigenvalue weighted by molar-refractivity contribution is 5.51. The van der Waals surface area contributed by atoms with E-state index in [2.05, 4.69) is 26.1 Å². The standard InChI is InChI=1S/C16H25NO2/c1-5-16(4)14(10-15(16)19-6-2)17-12-7-8-13(18)11(3)9-12/h7-9,14-15,17-18H,5-6,10H2,1-4H3. The fourth-order valence-electron chi connectivity index (χ4n) is 2.92. The van der Waals surface area contributed by atoms with Crippen LogP contribution in [0.2, 0.25) is 0 Å². The summed E-state index contributed by atoms with van der Waals surface area (Å²) in [4.78, 5) is 0. The average molecular weight is 263 g/mol. The van der Waals surface area contributed by atoms with E-state index in [1.807, 2.05) is 19.1 Å². The molecule has 0 saturated heterocycles. The Morgan fingerprint density at radius 1 is 1.42 bits per heavy atom. The first-order valence-electron chi connectivity index (χ1n) is 7.19. The Morgan fingerprint density at radius 2 is 2.16 bits per heavy atom. The fraction of sp³-hybridized carbons (Fsp3) is 0.625. The molecule has 1 aromatic carbocycles. The summed E-state index contributed by atoms with van der Waals surface area (Å²) in [5.74, 6) is 0.351. The average Bonchev–Trinajstić information content (AvgIpc) is 2.40. The Balaban J connectivity index is 2.05. The minimum Gasteiger partial charge on any atom is -0.508 e. The van der Waals surface area contributed by atoms with Crippen LogP contribution < -0.4 is 5.32 Å². The molecular formula is C16H25NO2. The van der Waals surface area contributed by atoms with E-state index in [-0.39, 0.29) is 5.41 Å². The summed E-state index contributed by atoms with van der Waals surface area (Å²) in [5, 5.41) is 13.1. The third kappa shape index (κ3) is 2.57. The molecule has 0 radical (unpaired) electrons. The van der Waals surface area contributed by atoms with Gasteiger partial charge in [-0.25, -0.2) is 0 Å². The van der Waals surface area contributed by atoms with Crippen molar-refractivity contribution in [2.45, 2.75) is 52.7 Å². The second-order valence-electron chi connectivity index (χ2n) is 5.74. The van der Waals surface area contributed by atoms with Crippen LogP contribution in [0.15, 0.2) is 18.2 Å². The van der Waals surface area contributed by atoms with E-state index in [9.17, 15) is 5.11 Å². The minimum atomic E-state index is 0.196. The molecule has 1 aliphatic carbocycles. The lowest BCUT2D eigenvalue weighted by Crippen LogP contribution is -2.59. The Bertz CT molecular complexity index is 446. The number of rotatable bonds is 5. The van der Waals surface area contributed by atoms with Crippen LogP contribution in [0.25, 0.3) is 0 Å². The van der Waals surface area contributed by atoms with Gasteiger partial charge in [-0.3, -0.25) is 0 Å². The topological polar surface area (TPSA) is 41.5 Å². The molecule has 3 nitrogen and oxygen atoms in total. The molecule has 3 atom stereocenters. The summed E-state index contributed by atoms with van der Waals surface area (Å²) in [6.07, 6.45) is 2.52. The molecule has 2 rings (SSSR count). The van der Waals surface area contributed by atoms with E-state index >= 15 is 0 Å². The summed E-state index contributed by atoms with van der Waals surface area (Å²) < 4.78 is 5.82. The molecule has 3 unspecified atom stereocenters. The van der Waals surface area contributed by atoms with Crippen LogP contribution in [0.1, 0.15) is 39.2 Å². The van der Waals surface area contributed by atoms with Gasteiger partial charge in [0.15, 0.2) is 0 Å². The van der Waals surface area contributed by atoms with Crippen molar-refractivity contribution in [1.82, 2.24) is 0 Å². The van der Waals surface area contributed by atoms with Gasteiger partial charge in [0.25, 0.3) is 0 Å². The number of nitrogens with one attached hydrogen (secondary N) is 1. The Kier molecular flexibility index (Phi) is 4.04. The van der Waals surface area contributed by atoms with E-state index in [0.717, 1.165) is 30.7 Å². The van der Waals surface area contributed by atoms with Crippen LogP contribution >= 0.6 is 0 Å². The molecule has 1 saturated carbocycles. The highest BCUT2D eigenvalue weighted by atomic mass is 16.5. The number of ether oxygens (including phenoxy) is 1. The second kappa shape index (κ2) is 5.41. The number of benzene rings is 1. The molecule has 0 spiro atoms. The predicted octanol–water partition coefficient (Wildman–Crippen LogP) is 3.71. The van der Waals surface area contributed by atoms with E-state index in [1.54, 1.807) is 6.07 Å². The third-order valence-electron chi connectivity index (χ3n) is 4.65. The van der Waals surface area contributed by atoms with Gasteiger partial charge in [-0.05, 0) is 50.5 Å². The van der Waals surface area contributed by atoms with Crippen molar-refractivity contribution in [2.24, 2.45) is 5.41 Å². The minimum absolute atomic E-state index is 0.196. The second-order valence-corrected chi connectivity index (χ2v) is 5.74. The van der Waals surface area contributed by atoms with E-state index < -0.39 is 0 Å². The molecule has 0 aromatic heterocycles. The number of hydrogen-bond acceptors (Lipinski definition) is 3. The van der Waals surface area contributed by atoms with Crippen LogP contribution in [0, 0.1) is 12.3 Å². The first-order chi connectivity index (χ1) is 9.01. The van der Waals surface area contributed by atoms with Crippen LogP contribution in [0.5, 0.6) is 5.75 Å². The molecule has 0 bridgehead atoms. The highest BCUT2D eigenvalue weighted by Crippen LogP contribution is 2.47. The van der Waals surface area contributed by atoms with Crippen molar-refractivity contribution in [3.05, 3.63) is 23.8 Å². The molecule has 1 aromatic rings. The van der Waals surface area contributed by atoms with Crippen molar-refractivity contribution in [2.75, 3.05) is 11.9 Å². The molecule has 0 amide bonds.